The zero-order chi connectivity index (χ0) is 47.3. The van der Waals surface area contributed by atoms with Gasteiger partial charge in [0.25, 0.3) is 0 Å². The molecular formula is C49H83O14P. The minimum atomic E-state index is -5.17. The van der Waals surface area contributed by atoms with Crippen molar-refractivity contribution in [3.05, 3.63) is 72.9 Å². The molecule has 0 spiro atoms. The molecule has 7 N–H and O–H groups in total. The maximum Gasteiger partial charge on any atom is 0.472 e. The molecule has 14 nitrogen and oxygen atoms in total. The first-order chi connectivity index (χ1) is 30.8. The monoisotopic (exact) mass is 927 g/mol. The number of unbranched alkanes of at least 4 members (excludes halogenated alkanes) is 14. The lowest BCUT2D eigenvalue weighted by atomic mass is 9.85. The standard InChI is InChI=1S/C49H83O14P/c1-3-5-7-9-11-13-15-17-18-20-22-24-26-28-32-36-42(51)60-38-41(39-61-64(58,59)63-49-47(56)45(54)44(53)46(55)48(49)57)62-43(52)37-33-29-31-35-40(50)34-30-27-25-23-21-19-16-14-12-10-8-6-4-2/h6,8,12,14,19,21,25,27,29-31,34,40-41,44-50,53-57H,3-5,7,9-11,13,15-18,20,22-24,26,28,32-33,35-39H2,1-2H3,(H,58,59)/b8-6-,14-12-,21-19-,27-25-,31-29-,34-30+. The number of rotatable bonds is 38. The predicted octanol–water partition coefficient (Wildman–Crippen LogP) is 8.47. The molecular weight excluding hydrogens is 843 g/mol. The number of carbonyl (C=O) groups excluding carboxylic acids is 2. The molecule has 1 aliphatic rings. The number of esters is 2. The van der Waals surface area contributed by atoms with E-state index in [1.54, 1.807) is 24.3 Å². The first-order valence-electron chi connectivity index (χ1n) is 23.8. The van der Waals surface area contributed by atoms with Gasteiger partial charge >= 0.3 is 19.8 Å². The van der Waals surface area contributed by atoms with Crippen LogP contribution in [0.5, 0.6) is 0 Å². The number of aliphatic hydroxyl groups is 6. The average molecular weight is 927 g/mol. The SMILES string of the molecule is CC/C=C\C/C=C\C/C=C\C/C=C\C=C\C(O)C/C=C\CCC(=O)OC(COC(=O)CCCCCCCCCCCCCCCCC)COP(=O)(O)OC1C(O)C(O)C(O)C(O)C1O. The van der Waals surface area contributed by atoms with Gasteiger partial charge in [-0.05, 0) is 44.9 Å². The third kappa shape index (κ3) is 30.5. The first kappa shape index (κ1) is 59.3. The van der Waals surface area contributed by atoms with E-state index >= 15 is 0 Å². The Hall–Kier alpha value is -2.75. The Labute approximate surface area is 383 Å². The molecule has 0 aromatic carbocycles. The van der Waals surface area contributed by atoms with Crippen LogP contribution in [0.3, 0.4) is 0 Å². The van der Waals surface area contributed by atoms with Crippen LogP contribution in [-0.2, 0) is 32.7 Å². The summed E-state index contributed by atoms with van der Waals surface area (Å²) in [5.74, 6) is -1.28. The fourth-order valence-corrected chi connectivity index (χ4v) is 7.78. The molecule has 0 aromatic heterocycles. The van der Waals surface area contributed by atoms with E-state index in [4.69, 9.17) is 18.5 Å². The summed E-state index contributed by atoms with van der Waals surface area (Å²) >= 11 is 0. The van der Waals surface area contributed by atoms with Crippen LogP contribution >= 0.6 is 7.82 Å². The Morgan fingerprint density at radius 1 is 0.578 bits per heavy atom. The highest BCUT2D eigenvalue weighted by Crippen LogP contribution is 2.47. The van der Waals surface area contributed by atoms with E-state index in [-0.39, 0.29) is 19.3 Å². The molecule has 0 saturated heterocycles. The number of hydrogen-bond donors (Lipinski definition) is 7. The highest BCUT2D eigenvalue weighted by atomic mass is 31.2. The molecule has 0 amide bonds. The molecule has 0 bridgehead atoms. The normalized spacial score (nSPS) is 22.7. The van der Waals surface area contributed by atoms with Crippen LogP contribution in [0.15, 0.2) is 72.9 Å². The average Bonchev–Trinajstić information content (AvgIpc) is 3.27. The largest absolute Gasteiger partial charge is 0.472 e. The van der Waals surface area contributed by atoms with E-state index in [0.29, 0.717) is 12.8 Å². The lowest BCUT2D eigenvalue weighted by Crippen LogP contribution is -2.64. The highest BCUT2D eigenvalue weighted by Gasteiger charge is 2.51. The minimum absolute atomic E-state index is 0.111. The molecule has 368 valence electrons. The summed E-state index contributed by atoms with van der Waals surface area (Å²) in [6.07, 6.45) is 31.2. The molecule has 0 aliphatic heterocycles. The zero-order valence-corrected chi connectivity index (χ0v) is 39.6. The van der Waals surface area contributed by atoms with Crippen LogP contribution < -0.4 is 0 Å². The third-order valence-electron chi connectivity index (χ3n) is 10.7. The molecule has 15 heteroatoms. The molecule has 7 unspecified atom stereocenters. The lowest BCUT2D eigenvalue weighted by molar-refractivity contribution is -0.220. The summed E-state index contributed by atoms with van der Waals surface area (Å²) in [7, 11) is -5.17. The van der Waals surface area contributed by atoms with Crippen LogP contribution in [0.4, 0.5) is 0 Å². The smallest absolute Gasteiger partial charge is 0.462 e. The fourth-order valence-electron chi connectivity index (χ4n) is 6.81. The highest BCUT2D eigenvalue weighted by molar-refractivity contribution is 7.47. The van der Waals surface area contributed by atoms with Gasteiger partial charge < -0.3 is 45.0 Å². The molecule has 0 heterocycles. The van der Waals surface area contributed by atoms with Gasteiger partial charge in [0, 0.05) is 12.8 Å². The minimum Gasteiger partial charge on any atom is -0.462 e. The Morgan fingerprint density at radius 2 is 1.08 bits per heavy atom. The Morgan fingerprint density at radius 3 is 1.62 bits per heavy atom. The van der Waals surface area contributed by atoms with Gasteiger partial charge in [-0.2, -0.15) is 0 Å². The fraction of sp³-hybridized carbons (Fsp3) is 0.714. The van der Waals surface area contributed by atoms with Gasteiger partial charge in [-0.1, -0.05) is 177 Å². The van der Waals surface area contributed by atoms with E-state index in [0.717, 1.165) is 51.4 Å². The van der Waals surface area contributed by atoms with Crippen LogP contribution in [0, 0.1) is 0 Å². The number of phosphoric acid groups is 1. The second-order valence-corrected chi connectivity index (χ2v) is 17.8. The van der Waals surface area contributed by atoms with Gasteiger partial charge in [0.05, 0.1) is 12.7 Å². The third-order valence-corrected chi connectivity index (χ3v) is 11.6. The van der Waals surface area contributed by atoms with Crippen molar-refractivity contribution in [2.45, 2.75) is 210 Å². The van der Waals surface area contributed by atoms with Crippen molar-refractivity contribution >= 4 is 19.8 Å². The number of phosphoric ester groups is 1. The van der Waals surface area contributed by atoms with Crippen molar-refractivity contribution < 1.29 is 68.2 Å². The summed E-state index contributed by atoms with van der Waals surface area (Å²) in [4.78, 5) is 35.7. The predicted molar refractivity (Wildman–Crippen MR) is 250 cm³/mol. The van der Waals surface area contributed by atoms with E-state index in [9.17, 15) is 49.7 Å². The lowest BCUT2D eigenvalue weighted by Gasteiger charge is -2.41. The van der Waals surface area contributed by atoms with Gasteiger partial charge in [0.2, 0.25) is 0 Å². The maximum absolute atomic E-state index is 12.8. The molecule has 1 fully saturated rings. The van der Waals surface area contributed by atoms with E-state index in [1.807, 2.05) is 12.2 Å². The van der Waals surface area contributed by atoms with Crippen molar-refractivity contribution in [1.82, 2.24) is 0 Å². The zero-order valence-electron chi connectivity index (χ0n) is 38.7. The van der Waals surface area contributed by atoms with Crippen molar-refractivity contribution in [2.75, 3.05) is 13.2 Å². The number of carbonyl (C=O) groups is 2. The molecule has 64 heavy (non-hydrogen) atoms. The molecule has 0 radical (unpaired) electrons. The molecule has 1 saturated carbocycles. The van der Waals surface area contributed by atoms with Gasteiger partial charge in [-0.15, -0.1) is 0 Å². The van der Waals surface area contributed by atoms with Crippen LogP contribution in [0.1, 0.15) is 162 Å². The number of allylic oxidation sites excluding steroid dienone is 10. The van der Waals surface area contributed by atoms with E-state index < -0.39 is 81.8 Å². The van der Waals surface area contributed by atoms with Crippen LogP contribution in [0.2, 0.25) is 0 Å². The summed E-state index contributed by atoms with van der Waals surface area (Å²) in [5.41, 5.74) is 0. The molecule has 1 rings (SSSR count). The van der Waals surface area contributed by atoms with Gasteiger partial charge in [0.1, 0.15) is 43.2 Å². The molecule has 1 aliphatic carbocycles. The summed E-state index contributed by atoms with van der Waals surface area (Å²) in [5, 5.41) is 60.4. The first-order valence-corrected chi connectivity index (χ1v) is 25.3. The van der Waals surface area contributed by atoms with Crippen molar-refractivity contribution in [2.24, 2.45) is 0 Å². The van der Waals surface area contributed by atoms with Gasteiger partial charge in [-0.25, -0.2) is 4.57 Å². The van der Waals surface area contributed by atoms with Crippen molar-refractivity contribution in [3.8, 4) is 0 Å². The summed E-state index contributed by atoms with van der Waals surface area (Å²) in [6, 6.07) is 0. The van der Waals surface area contributed by atoms with Gasteiger partial charge in [0.15, 0.2) is 6.10 Å². The second-order valence-electron chi connectivity index (χ2n) is 16.4. The van der Waals surface area contributed by atoms with Crippen molar-refractivity contribution in [1.29, 1.82) is 0 Å². The Balaban J connectivity index is 2.55. The van der Waals surface area contributed by atoms with E-state index in [1.165, 1.54) is 64.2 Å². The molecule has 7 atom stereocenters. The van der Waals surface area contributed by atoms with Crippen LogP contribution in [0.25, 0.3) is 0 Å². The number of hydrogen-bond acceptors (Lipinski definition) is 13. The van der Waals surface area contributed by atoms with Crippen molar-refractivity contribution in [3.63, 3.8) is 0 Å². The quantitative estimate of drug-likeness (QED) is 0.0101. The van der Waals surface area contributed by atoms with Gasteiger partial charge in [-0.3, -0.25) is 18.6 Å². The Bertz CT molecular complexity index is 1410. The topological polar surface area (TPSA) is 230 Å². The second kappa shape index (κ2) is 38.4. The number of aliphatic hydroxyl groups excluding tert-OH is 6. The Kier molecular flexibility index (Phi) is 35.5. The maximum atomic E-state index is 12.8. The molecule has 0 aromatic rings. The summed E-state index contributed by atoms with van der Waals surface area (Å²) in [6.45, 7) is 3.04. The van der Waals surface area contributed by atoms with Crippen LogP contribution in [-0.4, -0.2) is 110 Å². The van der Waals surface area contributed by atoms with E-state index in [2.05, 4.69) is 50.3 Å². The number of ether oxygens (including phenoxy) is 2. The summed E-state index contributed by atoms with van der Waals surface area (Å²) < 4.78 is 33.4.